The minimum absolute atomic E-state index is 0.582. The molecule has 0 saturated heterocycles. The Kier molecular flexibility index (Phi) is 5.64. The van der Waals surface area contributed by atoms with Gasteiger partial charge in [0.2, 0.25) is 0 Å². The van der Waals surface area contributed by atoms with Gasteiger partial charge >= 0.3 is 0 Å². The van der Waals surface area contributed by atoms with E-state index in [1.54, 1.807) is 18.4 Å². The van der Waals surface area contributed by atoms with Crippen molar-refractivity contribution >= 4 is 33.8 Å². The molecule has 0 amide bonds. The average molecular weight is 312 g/mol. The Balaban J connectivity index is 1.97. The van der Waals surface area contributed by atoms with Crippen LogP contribution in [-0.4, -0.2) is 18.6 Å². The maximum Gasteiger partial charge on any atom is 0.187 e. The minimum atomic E-state index is 0.582. The molecule has 0 saturated carbocycles. The van der Waals surface area contributed by atoms with Crippen LogP contribution in [0.4, 0.5) is 10.8 Å². The third kappa shape index (κ3) is 4.10. The minimum Gasteiger partial charge on any atom is -0.495 e. The van der Waals surface area contributed by atoms with E-state index in [1.807, 2.05) is 18.2 Å². The van der Waals surface area contributed by atoms with Gasteiger partial charge in [0.25, 0.3) is 0 Å². The van der Waals surface area contributed by atoms with Crippen LogP contribution >= 0.6 is 22.9 Å². The lowest BCUT2D eigenvalue weighted by Gasteiger charge is -2.06. The summed E-state index contributed by atoms with van der Waals surface area (Å²) in [6, 6.07) is 5.58. The maximum absolute atomic E-state index is 6.09. The van der Waals surface area contributed by atoms with Crippen LogP contribution in [0, 0.1) is 0 Å². The van der Waals surface area contributed by atoms with Gasteiger partial charge in [-0.1, -0.05) is 18.5 Å². The van der Waals surface area contributed by atoms with E-state index in [-0.39, 0.29) is 0 Å². The zero-order chi connectivity index (χ0) is 14.4. The van der Waals surface area contributed by atoms with Crippen LogP contribution in [0.15, 0.2) is 23.6 Å². The summed E-state index contributed by atoms with van der Waals surface area (Å²) in [7, 11) is 1.60. The summed E-state index contributed by atoms with van der Waals surface area (Å²) in [6.45, 7) is 3.96. The molecule has 108 valence electrons. The summed E-state index contributed by atoms with van der Waals surface area (Å²) in [5.74, 6) is 0.667. The summed E-state index contributed by atoms with van der Waals surface area (Å²) in [4.78, 5) is 4.52. The molecule has 0 bridgehead atoms. The van der Waals surface area contributed by atoms with Gasteiger partial charge in [-0.2, -0.15) is 0 Å². The standard InChI is InChI=1S/C14H18ClN3OS/c1-3-6-16-8-11-9-20-14(18-11)17-10-4-5-13(19-2)12(15)7-10/h4-5,7,9,16H,3,6,8H2,1-2H3,(H,17,18). The number of halogens is 1. The number of hydrogen-bond acceptors (Lipinski definition) is 5. The summed E-state index contributed by atoms with van der Waals surface area (Å²) in [5.41, 5.74) is 1.95. The topological polar surface area (TPSA) is 46.2 Å². The van der Waals surface area contributed by atoms with Crippen molar-refractivity contribution in [1.29, 1.82) is 0 Å². The molecule has 6 heteroatoms. The van der Waals surface area contributed by atoms with Gasteiger partial charge in [-0.15, -0.1) is 11.3 Å². The molecule has 2 rings (SSSR count). The van der Waals surface area contributed by atoms with Crippen molar-refractivity contribution in [3.63, 3.8) is 0 Å². The second-order valence-electron chi connectivity index (χ2n) is 4.30. The Labute approximate surface area is 128 Å². The lowest BCUT2D eigenvalue weighted by molar-refractivity contribution is 0.415. The molecular weight excluding hydrogens is 294 g/mol. The van der Waals surface area contributed by atoms with Gasteiger partial charge in [0.1, 0.15) is 5.75 Å². The number of nitrogens with one attached hydrogen (secondary N) is 2. The van der Waals surface area contributed by atoms with Crippen LogP contribution in [0.5, 0.6) is 5.75 Å². The fourth-order valence-electron chi connectivity index (χ4n) is 1.71. The number of nitrogens with zero attached hydrogens (tertiary/aromatic N) is 1. The van der Waals surface area contributed by atoms with Gasteiger partial charge in [0.15, 0.2) is 5.13 Å². The quantitative estimate of drug-likeness (QED) is 0.757. The first-order valence-corrected chi connectivity index (χ1v) is 7.74. The first-order chi connectivity index (χ1) is 9.72. The molecule has 0 aliphatic carbocycles. The van der Waals surface area contributed by atoms with Gasteiger partial charge in [0, 0.05) is 17.6 Å². The first kappa shape index (κ1) is 15.1. The van der Waals surface area contributed by atoms with Crippen molar-refractivity contribution in [2.75, 3.05) is 19.0 Å². The van der Waals surface area contributed by atoms with E-state index in [0.29, 0.717) is 10.8 Å². The van der Waals surface area contributed by atoms with Crippen molar-refractivity contribution < 1.29 is 4.74 Å². The highest BCUT2D eigenvalue weighted by molar-refractivity contribution is 7.13. The third-order valence-electron chi connectivity index (χ3n) is 2.69. The summed E-state index contributed by atoms with van der Waals surface area (Å²) in [5, 5.41) is 10.1. The Hall–Kier alpha value is -1.30. The Bertz CT molecular complexity index is 559. The molecule has 1 heterocycles. The Morgan fingerprint density at radius 3 is 2.95 bits per heavy atom. The van der Waals surface area contributed by atoms with E-state index < -0.39 is 0 Å². The number of benzene rings is 1. The average Bonchev–Trinajstić information content (AvgIpc) is 2.87. The lowest BCUT2D eigenvalue weighted by atomic mass is 10.3. The fourth-order valence-corrected chi connectivity index (χ4v) is 2.69. The van der Waals surface area contributed by atoms with E-state index in [9.17, 15) is 0 Å². The number of thiazole rings is 1. The summed E-state index contributed by atoms with van der Waals surface area (Å²) < 4.78 is 5.13. The van der Waals surface area contributed by atoms with Crippen molar-refractivity contribution in [3.05, 3.63) is 34.3 Å². The molecule has 20 heavy (non-hydrogen) atoms. The van der Waals surface area contributed by atoms with Crippen LogP contribution in [0.2, 0.25) is 5.02 Å². The Morgan fingerprint density at radius 1 is 1.40 bits per heavy atom. The monoisotopic (exact) mass is 311 g/mol. The molecule has 0 atom stereocenters. The number of rotatable bonds is 7. The highest BCUT2D eigenvalue weighted by atomic mass is 35.5. The SMILES string of the molecule is CCCNCc1csc(Nc2ccc(OC)c(Cl)c2)n1. The van der Waals surface area contributed by atoms with Gasteiger partial charge in [-0.3, -0.25) is 0 Å². The Morgan fingerprint density at radius 2 is 2.25 bits per heavy atom. The van der Waals surface area contributed by atoms with Crippen LogP contribution in [0.3, 0.4) is 0 Å². The van der Waals surface area contributed by atoms with E-state index in [1.165, 1.54) is 0 Å². The number of hydrogen-bond donors (Lipinski definition) is 2. The zero-order valence-electron chi connectivity index (χ0n) is 11.6. The second kappa shape index (κ2) is 7.47. The first-order valence-electron chi connectivity index (χ1n) is 6.48. The number of ether oxygens (including phenoxy) is 1. The number of methoxy groups -OCH3 is 1. The summed E-state index contributed by atoms with van der Waals surface area (Å²) >= 11 is 7.68. The van der Waals surface area contributed by atoms with E-state index in [4.69, 9.17) is 16.3 Å². The molecule has 2 aromatic rings. The largest absolute Gasteiger partial charge is 0.495 e. The van der Waals surface area contributed by atoms with Gasteiger partial charge in [0.05, 0.1) is 17.8 Å². The fraction of sp³-hybridized carbons (Fsp3) is 0.357. The molecule has 1 aromatic carbocycles. The van der Waals surface area contributed by atoms with Crippen molar-refractivity contribution in [2.45, 2.75) is 19.9 Å². The third-order valence-corrected chi connectivity index (χ3v) is 3.79. The van der Waals surface area contributed by atoms with Crippen molar-refractivity contribution in [3.8, 4) is 5.75 Å². The second-order valence-corrected chi connectivity index (χ2v) is 5.56. The van der Waals surface area contributed by atoms with Gasteiger partial charge < -0.3 is 15.4 Å². The van der Waals surface area contributed by atoms with Crippen molar-refractivity contribution in [2.24, 2.45) is 0 Å². The van der Waals surface area contributed by atoms with Crippen LogP contribution in [-0.2, 0) is 6.54 Å². The van der Waals surface area contributed by atoms with E-state index in [2.05, 4.69) is 27.9 Å². The zero-order valence-corrected chi connectivity index (χ0v) is 13.1. The number of aromatic nitrogens is 1. The van der Waals surface area contributed by atoms with Crippen LogP contribution in [0.25, 0.3) is 0 Å². The molecule has 4 nitrogen and oxygen atoms in total. The number of anilines is 2. The molecule has 0 spiro atoms. The molecule has 0 aliphatic heterocycles. The summed E-state index contributed by atoms with van der Waals surface area (Å²) in [6.07, 6.45) is 1.12. The van der Waals surface area contributed by atoms with E-state index >= 15 is 0 Å². The highest BCUT2D eigenvalue weighted by Crippen LogP contribution is 2.29. The predicted molar refractivity (Wildman–Crippen MR) is 85.4 cm³/mol. The normalized spacial score (nSPS) is 10.6. The van der Waals surface area contributed by atoms with Gasteiger partial charge in [-0.25, -0.2) is 4.98 Å². The smallest absolute Gasteiger partial charge is 0.187 e. The highest BCUT2D eigenvalue weighted by Gasteiger charge is 2.05. The molecule has 1 aromatic heterocycles. The molecule has 0 aliphatic rings. The molecule has 0 unspecified atom stereocenters. The molecule has 2 N–H and O–H groups in total. The molecule has 0 radical (unpaired) electrons. The van der Waals surface area contributed by atoms with Crippen LogP contribution in [0.1, 0.15) is 19.0 Å². The molecular formula is C14H18ClN3OS. The predicted octanol–water partition coefficient (Wildman–Crippen LogP) is 4.05. The lowest BCUT2D eigenvalue weighted by Crippen LogP contribution is -2.13. The van der Waals surface area contributed by atoms with E-state index in [0.717, 1.165) is 36.0 Å². The molecule has 0 fully saturated rings. The van der Waals surface area contributed by atoms with Crippen LogP contribution < -0.4 is 15.4 Å². The van der Waals surface area contributed by atoms with Crippen molar-refractivity contribution in [1.82, 2.24) is 10.3 Å². The maximum atomic E-state index is 6.09. The van der Waals surface area contributed by atoms with Gasteiger partial charge in [-0.05, 0) is 31.2 Å².